The van der Waals surface area contributed by atoms with Gasteiger partial charge in [-0.1, -0.05) is 17.3 Å². The molecule has 3 heterocycles. The Morgan fingerprint density at radius 2 is 2.11 bits per heavy atom. The summed E-state index contributed by atoms with van der Waals surface area (Å²) in [5.74, 6) is 1.61. The van der Waals surface area contributed by atoms with Gasteiger partial charge in [-0.15, -0.1) is 0 Å². The third kappa shape index (κ3) is 3.86. The summed E-state index contributed by atoms with van der Waals surface area (Å²) in [4.78, 5) is 22.5. The Bertz CT molecular complexity index is 938. The van der Waals surface area contributed by atoms with Crippen LogP contribution in [0.15, 0.2) is 53.3 Å². The zero-order valence-corrected chi connectivity index (χ0v) is 15.4. The van der Waals surface area contributed by atoms with Crippen LogP contribution in [0.2, 0.25) is 0 Å². The molecule has 0 aliphatic carbocycles. The van der Waals surface area contributed by atoms with Crippen LogP contribution >= 0.6 is 0 Å². The monoisotopic (exact) mass is 380 g/mol. The van der Waals surface area contributed by atoms with Gasteiger partial charge in [-0.05, 0) is 24.3 Å². The molecule has 28 heavy (non-hydrogen) atoms. The number of aromatic nitrogens is 3. The Labute approximate surface area is 162 Å². The summed E-state index contributed by atoms with van der Waals surface area (Å²) in [6.07, 6.45) is 3.71. The Balaban J connectivity index is 1.40. The normalized spacial score (nSPS) is 14.0. The van der Waals surface area contributed by atoms with Gasteiger partial charge in [0.1, 0.15) is 11.9 Å². The maximum atomic E-state index is 12.4. The largest absolute Gasteiger partial charge is 0.486 e. The molecule has 1 aliphatic heterocycles. The number of likely N-dealkylation sites (tertiary alicyclic amines) is 1. The van der Waals surface area contributed by atoms with Crippen LogP contribution < -0.4 is 4.74 Å². The van der Waals surface area contributed by atoms with E-state index < -0.39 is 0 Å². The lowest BCUT2D eigenvalue weighted by atomic mass is 10.1. The van der Waals surface area contributed by atoms with E-state index in [4.69, 9.17) is 14.0 Å². The highest BCUT2D eigenvalue weighted by molar-refractivity contribution is 5.94. The van der Waals surface area contributed by atoms with Gasteiger partial charge in [0.25, 0.3) is 11.8 Å². The maximum Gasteiger partial charge on any atom is 0.261 e. The fraction of sp³-hybridized carbons (Fsp3) is 0.300. The third-order valence-corrected chi connectivity index (χ3v) is 4.45. The molecule has 3 aromatic rings. The second-order valence-corrected chi connectivity index (χ2v) is 6.45. The molecular weight excluding hydrogens is 360 g/mol. The highest BCUT2D eigenvalue weighted by Crippen LogP contribution is 2.30. The van der Waals surface area contributed by atoms with Crippen LogP contribution in [0.1, 0.15) is 16.2 Å². The van der Waals surface area contributed by atoms with E-state index in [1.807, 2.05) is 24.3 Å². The number of ether oxygens (including phenoxy) is 2. The average molecular weight is 380 g/mol. The molecule has 1 aliphatic rings. The Morgan fingerprint density at radius 1 is 1.25 bits per heavy atom. The summed E-state index contributed by atoms with van der Waals surface area (Å²) in [5, 5.41) is 3.97. The van der Waals surface area contributed by atoms with Crippen molar-refractivity contribution in [2.45, 2.75) is 12.5 Å². The van der Waals surface area contributed by atoms with Gasteiger partial charge in [-0.3, -0.25) is 9.78 Å². The molecule has 2 aromatic heterocycles. The first kappa shape index (κ1) is 18.1. The van der Waals surface area contributed by atoms with E-state index in [-0.39, 0.29) is 12.0 Å². The van der Waals surface area contributed by atoms with Crippen molar-refractivity contribution in [2.75, 3.05) is 26.8 Å². The van der Waals surface area contributed by atoms with Crippen molar-refractivity contribution < 1.29 is 18.8 Å². The molecule has 1 saturated heterocycles. The van der Waals surface area contributed by atoms with Crippen molar-refractivity contribution in [3.8, 4) is 17.2 Å². The number of carbonyl (C=O) groups excluding carboxylic acids is 1. The zero-order valence-electron chi connectivity index (χ0n) is 15.4. The number of methoxy groups -OCH3 is 1. The molecule has 0 radical (unpaired) electrons. The second kappa shape index (κ2) is 8.18. The predicted molar refractivity (Wildman–Crippen MR) is 99.9 cm³/mol. The Hall–Kier alpha value is -3.26. The summed E-state index contributed by atoms with van der Waals surface area (Å²) in [7, 11) is 1.63. The number of pyridine rings is 1. The number of amides is 1. The highest BCUT2D eigenvalue weighted by Gasteiger charge is 2.33. The summed E-state index contributed by atoms with van der Waals surface area (Å²) in [6.45, 7) is 1.57. The number of para-hydroxylation sites is 1. The van der Waals surface area contributed by atoms with Gasteiger partial charge >= 0.3 is 0 Å². The molecular formula is C20H20N4O4. The van der Waals surface area contributed by atoms with Gasteiger partial charge in [-0.2, -0.15) is 4.98 Å². The molecule has 1 aromatic carbocycles. The van der Waals surface area contributed by atoms with Gasteiger partial charge < -0.3 is 18.9 Å². The number of rotatable bonds is 7. The first-order valence-corrected chi connectivity index (χ1v) is 9.01. The third-order valence-electron chi connectivity index (χ3n) is 4.45. The van der Waals surface area contributed by atoms with E-state index in [2.05, 4.69) is 15.1 Å². The molecule has 4 rings (SSSR count). The topological polar surface area (TPSA) is 90.6 Å². The van der Waals surface area contributed by atoms with Crippen molar-refractivity contribution in [3.63, 3.8) is 0 Å². The van der Waals surface area contributed by atoms with Crippen molar-refractivity contribution in [1.29, 1.82) is 0 Å². The molecule has 0 N–H and O–H groups in total. The van der Waals surface area contributed by atoms with Crippen molar-refractivity contribution in [2.24, 2.45) is 0 Å². The Kier molecular flexibility index (Phi) is 5.29. The maximum absolute atomic E-state index is 12.4. The molecule has 0 spiro atoms. The molecule has 0 bridgehead atoms. The molecule has 1 amide bonds. The van der Waals surface area contributed by atoms with Gasteiger partial charge in [0.05, 0.1) is 30.8 Å². The molecule has 0 saturated carbocycles. The van der Waals surface area contributed by atoms with E-state index in [1.54, 1.807) is 36.5 Å². The highest BCUT2D eigenvalue weighted by atomic mass is 16.5. The van der Waals surface area contributed by atoms with Crippen LogP contribution in [-0.2, 0) is 11.2 Å². The predicted octanol–water partition coefficient (Wildman–Crippen LogP) is 2.22. The smallest absolute Gasteiger partial charge is 0.261 e. The molecule has 0 atom stereocenters. The van der Waals surface area contributed by atoms with E-state index in [9.17, 15) is 4.79 Å². The van der Waals surface area contributed by atoms with Crippen LogP contribution in [0.5, 0.6) is 5.75 Å². The molecule has 8 nitrogen and oxygen atoms in total. The number of benzene rings is 1. The van der Waals surface area contributed by atoms with E-state index in [0.717, 1.165) is 5.56 Å². The molecule has 144 valence electrons. The number of hydrogen-bond acceptors (Lipinski definition) is 7. The molecule has 0 unspecified atom stereocenters. The number of hydrogen-bond donors (Lipinski definition) is 0. The van der Waals surface area contributed by atoms with E-state index in [1.165, 1.54) is 0 Å². The van der Waals surface area contributed by atoms with Crippen molar-refractivity contribution in [1.82, 2.24) is 20.0 Å². The van der Waals surface area contributed by atoms with Crippen LogP contribution in [0.3, 0.4) is 0 Å². The first-order valence-electron chi connectivity index (χ1n) is 9.01. The Morgan fingerprint density at radius 3 is 2.89 bits per heavy atom. The van der Waals surface area contributed by atoms with E-state index >= 15 is 0 Å². The van der Waals surface area contributed by atoms with Crippen LogP contribution in [0.4, 0.5) is 0 Å². The molecule has 8 heteroatoms. The zero-order chi connectivity index (χ0) is 19.3. The average Bonchev–Trinajstić information content (AvgIpc) is 3.18. The fourth-order valence-electron chi connectivity index (χ4n) is 2.93. The van der Waals surface area contributed by atoms with Crippen LogP contribution in [-0.4, -0.2) is 58.8 Å². The van der Waals surface area contributed by atoms with E-state index in [0.29, 0.717) is 49.1 Å². The minimum Gasteiger partial charge on any atom is -0.486 e. The fourth-order valence-corrected chi connectivity index (χ4v) is 2.93. The van der Waals surface area contributed by atoms with Gasteiger partial charge in [0.15, 0.2) is 5.82 Å². The summed E-state index contributed by atoms with van der Waals surface area (Å²) >= 11 is 0. The SMILES string of the molecule is COCCc1noc(-c2ccccc2OC2CN(C(=O)c3cccnc3)C2)n1. The molecule has 1 fully saturated rings. The second-order valence-electron chi connectivity index (χ2n) is 6.45. The summed E-state index contributed by atoms with van der Waals surface area (Å²) in [5.41, 5.74) is 1.31. The lowest BCUT2D eigenvalue weighted by Gasteiger charge is -2.39. The van der Waals surface area contributed by atoms with Crippen molar-refractivity contribution in [3.05, 3.63) is 60.2 Å². The van der Waals surface area contributed by atoms with Crippen LogP contribution in [0.25, 0.3) is 11.5 Å². The number of carbonyl (C=O) groups is 1. The van der Waals surface area contributed by atoms with Crippen LogP contribution in [0, 0.1) is 0 Å². The lowest BCUT2D eigenvalue weighted by Crippen LogP contribution is -2.56. The first-order chi connectivity index (χ1) is 13.7. The minimum absolute atomic E-state index is 0.0408. The van der Waals surface area contributed by atoms with Crippen molar-refractivity contribution >= 4 is 5.91 Å². The lowest BCUT2D eigenvalue weighted by molar-refractivity contribution is 0.0179. The van der Waals surface area contributed by atoms with Gasteiger partial charge in [-0.25, -0.2) is 0 Å². The number of nitrogens with zero attached hydrogens (tertiary/aromatic N) is 4. The standard InChI is InChI=1S/C20H20N4O4/c1-26-10-8-18-22-19(28-23-18)16-6-2-3-7-17(16)27-15-12-24(13-15)20(25)14-5-4-9-21-11-14/h2-7,9,11,15H,8,10,12-13H2,1H3. The van der Waals surface area contributed by atoms with Gasteiger partial charge in [0, 0.05) is 25.9 Å². The quantitative estimate of drug-likeness (QED) is 0.621. The summed E-state index contributed by atoms with van der Waals surface area (Å²) in [6, 6.07) is 11.0. The summed E-state index contributed by atoms with van der Waals surface area (Å²) < 4.78 is 16.5. The minimum atomic E-state index is -0.0855. The van der Waals surface area contributed by atoms with Gasteiger partial charge in [0.2, 0.25) is 0 Å².